The zero-order valence-electron chi connectivity index (χ0n) is 10.7. The molecule has 0 unspecified atom stereocenters. The Morgan fingerprint density at radius 2 is 2.10 bits per heavy atom. The second kappa shape index (κ2) is 7.95. The first-order chi connectivity index (χ1) is 9.54. The van der Waals surface area contributed by atoms with Crippen molar-refractivity contribution in [2.24, 2.45) is 0 Å². The Bertz CT molecular complexity index is 457. The van der Waals surface area contributed by atoms with Gasteiger partial charge in [-0.3, -0.25) is 9.59 Å². The van der Waals surface area contributed by atoms with Crippen LogP contribution < -0.4 is 10.6 Å². The first-order valence-corrected chi connectivity index (χ1v) is 5.99. The minimum absolute atomic E-state index is 0.0524. The fourth-order valence-electron chi connectivity index (χ4n) is 1.44. The molecular weight excluding hydrogens is 268 g/mol. The third-order valence-corrected chi connectivity index (χ3v) is 2.43. The highest BCUT2D eigenvalue weighted by Crippen LogP contribution is 1.99. The summed E-state index contributed by atoms with van der Waals surface area (Å²) in [5.74, 6) is -2.06. The van der Waals surface area contributed by atoms with Crippen molar-refractivity contribution in [2.45, 2.75) is 18.9 Å². The van der Waals surface area contributed by atoms with E-state index in [2.05, 4.69) is 10.6 Å². The Labute approximate surface area is 114 Å². The smallest absolute Gasteiger partial charge is 0.326 e. The molecule has 0 saturated carbocycles. The van der Waals surface area contributed by atoms with Crippen molar-refractivity contribution in [3.63, 3.8) is 0 Å². The summed E-state index contributed by atoms with van der Waals surface area (Å²) in [4.78, 5) is 33.7. The molecule has 0 aliphatic carbocycles. The first-order valence-electron chi connectivity index (χ1n) is 5.99. The number of aliphatic carboxylic acids is 1. The molecule has 1 heterocycles. The average Bonchev–Trinajstić information content (AvgIpc) is 2.91. The molecule has 8 nitrogen and oxygen atoms in total. The highest BCUT2D eigenvalue weighted by molar-refractivity contribution is 5.91. The van der Waals surface area contributed by atoms with Crippen LogP contribution in [0, 0.1) is 0 Å². The third-order valence-electron chi connectivity index (χ3n) is 2.43. The minimum atomic E-state index is -1.22. The predicted molar refractivity (Wildman–Crippen MR) is 66.9 cm³/mol. The number of hydrogen-bond acceptors (Lipinski definition) is 5. The van der Waals surface area contributed by atoms with Crippen LogP contribution in [-0.4, -0.2) is 47.2 Å². The number of aliphatic hydroxyl groups is 1. The summed E-state index contributed by atoms with van der Waals surface area (Å²) in [6.45, 7) is -0.288. The molecular formula is C12H16N2O6. The van der Waals surface area contributed by atoms with E-state index >= 15 is 0 Å². The number of amides is 2. The molecule has 4 N–H and O–H groups in total. The first kappa shape index (κ1) is 15.7. The summed E-state index contributed by atoms with van der Waals surface area (Å²) in [6.07, 6.45) is 1.22. The van der Waals surface area contributed by atoms with E-state index in [1.807, 2.05) is 0 Å². The van der Waals surface area contributed by atoms with Gasteiger partial charge in [-0.15, -0.1) is 0 Å². The highest BCUT2D eigenvalue weighted by atomic mass is 16.4. The standard InChI is InChI=1S/C12H16N2O6/c15-6-4-8(12(18)19)14-10(16)3-5-13-11(17)9-2-1-7-20-9/h1-2,7-8,15H,3-6H2,(H,13,17)(H,14,16)(H,18,19)/t8-/m0/s1. The fourth-order valence-corrected chi connectivity index (χ4v) is 1.44. The predicted octanol–water partition coefficient (Wildman–Crippen LogP) is -0.649. The molecule has 0 aromatic carbocycles. The van der Waals surface area contributed by atoms with Crippen LogP contribution in [0.5, 0.6) is 0 Å². The zero-order chi connectivity index (χ0) is 15.0. The van der Waals surface area contributed by atoms with Crippen LogP contribution >= 0.6 is 0 Å². The summed E-state index contributed by atoms with van der Waals surface area (Å²) in [6, 6.07) is 1.92. The maximum atomic E-state index is 11.5. The van der Waals surface area contributed by atoms with Crippen LogP contribution in [0.3, 0.4) is 0 Å². The maximum absolute atomic E-state index is 11.5. The number of nitrogens with one attached hydrogen (secondary N) is 2. The van der Waals surface area contributed by atoms with Gasteiger partial charge in [0.05, 0.1) is 6.26 Å². The van der Waals surface area contributed by atoms with Gasteiger partial charge in [0.15, 0.2) is 5.76 Å². The van der Waals surface area contributed by atoms with E-state index in [0.717, 1.165) is 0 Å². The van der Waals surface area contributed by atoms with Gasteiger partial charge in [-0.1, -0.05) is 0 Å². The number of hydrogen-bond donors (Lipinski definition) is 4. The molecule has 0 aliphatic heterocycles. The van der Waals surface area contributed by atoms with Gasteiger partial charge in [0, 0.05) is 26.0 Å². The summed E-state index contributed by atoms with van der Waals surface area (Å²) >= 11 is 0. The largest absolute Gasteiger partial charge is 0.480 e. The molecule has 1 aromatic rings. The zero-order valence-corrected chi connectivity index (χ0v) is 10.7. The van der Waals surface area contributed by atoms with Gasteiger partial charge in [0.2, 0.25) is 5.91 Å². The van der Waals surface area contributed by atoms with Gasteiger partial charge in [-0.2, -0.15) is 0 Å². The second-order valence-electron chi connectivity index (χ2n) is 3.95. The molecule has 110 valence electrons. The van der Waals surface area contributed by atoms with Gasteiger partial charge in [-0.05, 0) is 12.1 Å². The van der Waals surface area contributed by atoms with Crippen LogP contribution in [0.25, 0.3) is 0 Å². The van der Waals surface area contributed by atoms with E-state index in [0.29, 0.717) is 0 Å². The molecule has 20 heavy (non-hydrogen) atoms. The molecule has 0 fully saturated rings. The quantitative estimate of drug-likeness (QED) is 0.502. The van der Waals surface area contributed by atoms with E-state index in [4.69, 9.17) is 14.6 Å². The molecule has 0 spiro atoms. The lowest BCUT2D eigenvalue weighted by atomic mass is 10.2. The number of rotatable bonds is 8. The SMILES string of the molecule is O=C(CCNC(=O)c1ccco1)N[C@@H](CCO)C(=O)O. The Balaban J connectivity index is 2.29. The average molecular weight is 284 g/mol. The van der Waals surface area contributed by atoms with Crippen LogP contribution in [0.2, 0.25) is 0 Å². The van der Waals surface area contributed by atoms with Crippen LogP contribution in [-0.2, 0) is 9.59 Å². The number of carboxylic acid groups (broad SMARTS) is 1. The van der Waals surface area contributed by atoms with Crippen LogP contribution in [0.15, 0.2) is 22.8 Å². The molecule has 8 heteroatoms. The van der Waals surface area contributed by atoms with E-state index in [9.17, 15) is 14.4 Å². The lowest BCUT2D eigenvalue weighted by Gasteiger charge is -2.13. The van der Waals surface area contributed by atoms with Gasteiger partial charge in [0.25, 0.3) is 5.91 Å². The van der Waals surface area contributed by atoms with Gasteiger partial charge < -0.3 is 25.3 Å². The van der Waals surface area contributed by atoms with Gasteiger partial charge >= 0.3 is 5.97 Å². The maximum Gasteiger partial charge on any atom is 0.326 e. The molecule has 0 bridgehead atoms. The van der Waals surface area contributed by atoms with Crippen molar-refractivity contribution in [3.05, 3.63) is 24.2 Å². The van der Waals surface area contributed by atoms with Crippen molar-refractivity contribution in [1.29, 1.82) is 0 Å². The Morgan fingerprint density at radius 1 is 1.35 bits per heavy atom. The van der Waals surface area contributed by atoms with E-state index in [1.54, 1.807) is 6.07 Å². The fraction of sp³-hybridized carbons (Fsp3) is 0.417. The molecule has 1 aromatic heterocycles. The normalized spacial score (nSPS) is 11.7. The van der Waals surface area contributed by atoms with E-state index in [-0.39, 0.29) is 31.8 Å². The molecule has 0 saturated heterocycles. The number of carbonyl (C=O) groups excluding carboxylic acids is 2. The lowest BCUT2D eigenvalue weighted by molar-refractivity contribution is -0.142. The number of carboxylic acids is 1. The molecule has 0 aliphatic rings. The monoisotopic (exact) mass is 284 g/mol. The summed E-state index contributed by atoms with van der Waals surface area (Å²) < 4.78 is 4.86. The Kier molecular flexibility index (Phi) is 6.24. The van der Waals surface area contributed by atoms with Crippen molar-refractivity contribution in [2.75, 3.05) is 13.2 Å². The Morgan fingerprint density at radius 3 is 2.65 bits per heavy atom. The number of aliphatic hydroxyl groups excluding tert-OH is 1. The molecule has 1 rings (SSSR count). The van der Waals surface area contributed by atoms with Crippen LogP contribution in [0.1, 0.15) is 23.4 Å². The summed E-state index contributed by atoms with van der Waals surface area (Å²) in [5, 5.41) is 22.2. The Hall–Kier alpha value is -2.35. The van der Waals surface area contributed by atoms with Crippen molar-refractivity contribution in [3.8, 4) is 0 Å². The van der Waals surface area contributed by atoms with Gasteiger partial charge in [0.1, 0.15) is 6.04 Å². The summed E-state index contributed by atoms with van der Waals surface area (Å²) in [5.41, 5.74) is 0. The van der Waals surface area contributed by atoms with Crippen molar-refractivity contribution >= 4 is 17.8 Å². The topological polar surface area (TPSA) is 129 Å². The lowest BCUT2D eigenvalue weighted by Crippen LogP contribution is -2.42. The van der Waals surface area contributed by atoms with E-state index in [1.165, 1.54) is 12.3 Å². The molecule has 0 radical (unpaired) electrons. The highest BCUT2D eigenvalue weighted by Gasteiger charge is 2.19. The van der Waals surface area contributed by atoms with E-state index < -0.39 is 23.8 Å². The van der Waals surface area contributed by atoms with Crippen molar-refractivity contribution < 1.29 is 29.0 Å². The molecule has 1 atom stereocenters. The summed E-state index contributed by atoms with van der Waals surface area (Å²) in [7, 11) is 0. The van der Waals surface area contributed by atoms with Gasteiger partial charge in [-0.25, -0.2) is 4.79 Å². The molecule has 2 amide bonds. The third kappa shape index (κ3) is 5.11. The minimum Gasteiger partial charge on any atom is -0.480 e. The number of furan rings is 1. The number of carbonyl (C=O) groups is 3. The van der Waals surface area contributed by atoms with Crippen molar-refractivity contribution in [1.82, 2.24) is 10.6 Å². The second-order valence-corrected chi connectivity index (χ2v) is 3.95. The van der Waals surface area contributed by atoms with Crippen LogP contribution in [0.4, 0.5) is 0 Å².